The summed E-state index contributed by atoms with van der Waals surface area (Å²) in [5.74, 6) is -1.83. The molecule has 1 aliphatic heterocycles. The SMILES string of the molecule is C[C@]1(c2ccc(Cl)s2)NC(=O)N(CC(=O)O)C1=O. The molecule has 1 aromatic heterocycles. The smallest absolute Gasteiger partial charge is 0.325 e. The number of rotatable bonds is 3. The summed E-state index contributed by atoms with van der Waals surface area (Å²) in [6.45, 7) is 0.872. The highest BCUT2D eigenvalue weighted by molar-refractivity contribution is 7.16. The van der Waals surface area contributed by atoms with Gasteiger partial charge < -0.3 is 10.4 Å². The molecule has 1 aromatic rings. The number of carbonyl (C=O) groups is 3. The zero-order chi connectivity index (χ0) is 13.5. The summed E-state index contributed by atoms with van der Waals surface area (Å²) in [4.78, 5) is 35.6. The van der Waals surface area contributed by atoms with E-state index in [1.165, 1.54) is 18.3 Å². The number of nitrogens with one attached hydrogen (secondary N) is 1. The van der Waals surface area contributed by atoms with Gasteiger partial charge in [0.05, 0.1) is 4.34 Å². The van der Waals surface area contributed by atoms with Crippen molar-refractivity contribution in [1.29, 1.82) is 0 Å². The van der Waals surface area contributed by atoms with Gasteiger partial charge in [0.1, 0.15) is 6.54 Å². The van der Waals surface area contributed by atoms with Gasteiger partial charge in [-0.05, 0) is 19.1 Å². The highest BCUT2D eigenvalue weighted by Crippen LogP contribution is 2.35. The third kappa shape index (κ3) is 1.95. The molecule has 2 N–H and O–H groups in total. The highest BCUT2D eigenvalue weighted by atomic mass is 35.5. The van der Waals surface area contributed by atoms with Crippen molar-refractivity contribution in [1.82, 2.24) is 10.2 Å². The Labute approximate surface area is 111 Å². The first-order valence-corrected chi connectivity index (χ1v) is 6.16. The largest absolute Gasteiger partial charge is 0.480 e. The Bertz CT molecular complexity index is 544. The van der Waals surface area contributed by atoms with Crippen LogP contribution in [0.25, 0.3) is 0 Å². The summed E-state index contributed by atoms with van der Waals surface area (Å²) in [6.07, 6.45) is 0. The van der Waals surface area contributed by atoms with Crippen LogP contribution in [0.1, 0.15) is 11.8 Å². The van der Waals surface area contributed by atoms with Crippen LogP contribution in [0, 0.1) is 0 Å². The van der Waals surface area contributed by atoms with Crippen LogP contribution < -0.4 is 5.32 Å². The lowest BCUT2D eigenvalue weighted by Crippen LogP contribution is -2.40. The molecule has 1 atom stereocenters. The van der Waals surface area contributed by atoms with E-state index in [1.54, 1.807) is 12.1 Å². The lowest BCUT2D eigenvalue weighted by molar-refractivity contribution is -0.142. The minimum absolute atomic E-state index is 0.491. The van der Waals surface area contributed by atoms with Gasteiger partial charge in [-0.1, -0.05) is 11.6 Å². The maximum absolute atomic E-state index is 12.1. The number of hydrogen-bond donors (Lipinski definition) is 2. The number of aliphatic carboxylic acids is 1. The second kappa shape index (κ2) is 4.25. The quantitative estimate of drug-likeness (QED) is 0.820. The van der Waals surface area contributed by atoms with Crippen molar-refractivity contribution in [3.05, 3.63) is 21.3 Å². The number of carboxylic acid groups (broad SMARTS) is 1. The first-order chi connectivity index (χ1) is 8.34. The van der Waals surface area contributed by atoms with Gasteiger partial charge in [0.25, 0.3) is 5.91 Å². The fourth-order valence-corrected chi connectivity index (χ4v) is 2.86. The van der Waals surface area contributed by atoms with Gasteiger partial charge in [0.15, 0.2) is 5.54 Å². The number of carboxylic acids is 1. The summed E-state index contributed by atoms with van der Waals surface area (Å²) in [7, 11) is 0. The van der Waals surface area contributed by atoms with Gasteiger partial charge in [-0.15, -0.1) is 11.3 Å². The standard InChI is InChI=1S/C10H9ClN2O4S/c1-10(5-2-3-6(11)18-5)8(16)13(4-7(14)15)9(17)12-10/h2-3H,4H2,1H3,(H,12,17)(H,14,15)/t10-/m1/s1. The summed E-state index contributed by atoms with van der Waals surface area (Å²) >= 11 is 6.96. The number of amides is 3. The minimum atomic E-state index is -1.25. The van der Waals surface area contributed by atoms with E-state index in [4.69, 9.17) is 16.7 Å². The Kier molecular flexibility index (Phi) is 3.04. The fourth-order valence-electron chi connectivity index (χ4n) is 1.73. The molecule has 0 unspecified atom stereocenters. The first kappa shape index (κ1) is 12.8. The Hall–Kier alpha value is -1.60. The van der Waals surface area contributed by atoms with Crippen LogP contribution >= 0.6 is 22.9 Å². The van der Waals surface area contributed by atoms with Gasteiger partial charge in [-0.3, -0.25) is 14.5 Å². The van der Waals surface area contributed by atoms with Gasteiger partial charge >= 0.3 is 12.0 Å². The van der Waals surface area contributed by atoms with Crippen LogP contribution in [-0.2, 0) is 15.1 Å². The molecule has 18 heavy (non-hydrogen) atoms. The average Bonchev–Trinajstić information content (AvgIpc) is 2.78. The molecule has 0 spiro atoms. The van der Waals surface area contributed by atoms with Crippen molar-refractivity contribution in [2.75, 3.05) is 6.54 Å². The molecule has 1 saturated heterocycles. The van der Waals surface area contributed by atoms with E-state index in [2.05, 4.69) is 5.32 Å². The van der Waals surface area contributed by atoms with E-state index in [0.717, 1.165) is 0 Å². The van der Waals surface area contributed by atoms with Crippen molar-refractivity contribution in [3.63, 3.8) is 0 Å². The van der Waals surface area contributed by atoms with Crippen LogP contribution in [0.15, 0.2) is 12.1 Å². The predicted molar refractivity (Wildman–Crippen MR) is 64.6 cm³/mol. The molecule has 2 heterocycles. The lowest BCUT2D eigenvalue weighted by atomic mass is 10.0. The van der Waals surface area contributed by atoms with Gasteiger partial charge in [0.2, 0.25) is 0 Å². The first-order valence-electron chi connectivity index (χ1n) is 4.96. The number of halogens is 1. The maximum atomic E-state index is 12.1. The molecule has 96 valence electrons. The van der Waals surface area contributed by atoms with Crippen LogP contribution in [0.4, 0.5) is 4.79 Å². The molecule has 8 heteroatoms. The van der Waals surface area contributed by atoms with Gasteiger partial charge in [-0.25, -0.2) is 4.79 Å². The topological polar surface area (TPSA) is 86.7 Å². The average molecular weight is 289 g/mol. The van der Waals surface area contributed by atoms with E-state index in [-0.39, 0.29) is 0 Å². The molecule has 0 saturated carbocycles. The molecular formula is C10H9ClN2O4S. The number of thiophene rings is 1. The summed E-state index contributed by atoms with van der Waals surface area (Å²) in [5, 5.41) is 11.2. The molecule has 0 aromatic carbocycles. The molecule has 1 aliphatic rings. The highest BCUT2D eigenvalue weighted by Gasteiger charge is 2.50. The monoisotopic (exact) mass is 288 g/mol. The fraction of sp³-hybridized carbons (Fsp3) is 0.300. The summed E-state index contributed by atoms with van der Waals surface area (Å²) in [5.41, 5.74) is -1.25. The Morgan fingerprint density at radius 1 is 1.56 bits per heavy atom. The van der Waals surface area contributed by atoms with Gasteiger partial charge in [0, 0.05) is 4.88 Å². The van der Waals surface area contributed by atoms with Crippen molar-refractivity contribution in [3.8, 4) is 0 Å². The Morgan fingerprint density at radius 2 is 2.22 bits per heavy atom. The third-order valence-corrected chi connectivity index (χ3v) is 4.09. The van der Waals surface area contributed by atoms with Gasteiger partial charge in [-0.2, -0.15) is 0 Å². The van der Waals surface area contributed by atoms with E-state index in [1.807, 2.05) is 0 Å². The molecule has 0 radical (unpaired) electrons. The number of nitrogens with zero attached hydrogens (tertiary/aromatic N) is 1. The maximum Gasteiger partial charge on any atom is 0.325 e. The summed E-state index contributed by atoms with van der Waals surface area (Å²) in [6, 6.07) is 2.54. The van der Waals surface area contributed by atoms with Crippen LogP contribution in [0.2, 0.25) is 4.34 Å². The van der Waals surface area contributed by atoms with E-state index in [0.29, 0.717) is 14.1 Å². The molecule has 0 aliphatic carbocycles. The van der Waals surface area contributed by atoms with E-state index < -0.39 is 30.0 Å². The number of imide groups is 1. The number of urea groups is 1. The van der Waals surface area contributed by atoms with E-state index in [9.17, 15) is 14.4 Å². The van der Waals surface area contributed by atoms with Crippen molar-refractivity contribution < 1.29 is 19.5 Å². The van der Waals surface area contributed by atoms with Crippen LogP contribution in [0.3, 0.4) is 0 Å². The zero-order valence-corrected chi connectivity index (χ0v) is 10.8. The Morgan fingerprint density at radius 3 is 2.72 bits per heavy atom. The second-order valence-corrected chi connectivity index (χ2v) is 5.66. The lowest BCUT2D eigenvalue weighted by Gasteiger charge is -2.19. The van der Waals surface area contributed by atoms with Crippen molar-refractivity contribution in [2.24, 2.45) is 0 Å². The molecule has 0 bridgehead atoms. The zero-order valence-electron chi connectivity index (χ0n) is 9.27. The van der Waals surface area contributed by atoms with Crippen molar-refractivity contribution >= 4 is 40.8 Å². The Balaban J connectivity index is 2.34. The summed E-state index contributed by atoms with van der Waals surface area (Å²) < 4.78 is 0.491. The minimum Gasteiger partial charge on any atom is -0.480 e. The molecule has 1 fully saturated rings. The predicted octanol–water partition coefficient (Wildman–Crippen LogP) is 1.25. The van der Waals surface area contributed by atoms with Crippen LogP contribution in [0.5, 0.6) is 0 Å². The molecule has 2 rings (SSSR count). The molecular weight excluding hydrogens is 280 g/mol. The second-order valence-electron chi connectivity index (χ2n) is 3.94. The van der Waals surface area contributed by atoms with Crippen LogP contribution in [-0.4, -0.2) is 34.5 Å². The van der Waals surface area contributed by atoms with Crippen molar-refractivity contribution in [2.45, 2.75) is 12.5 Å². The number of carbonyl (C=O) groups excluding carboxylic acids is 2. The molecule has 3 amide bonds. The van der Waals surface area contributed by atoms with E-state index >= 15 is 0 Å². The third-order valence-electron chi connectivity index (χ3n) is 2.63. The normalized spacial score (nSPS) is 23.3. The molecule has 6 nitrogen and oxygen atoms in total. The number of hydrogen-bond acceptors (Lipinski definition) is 4.